The highest BCUT2D eigenvalue weighted by atomic mass is 16.3. The molecule has 0 radical (unpaired) electrons. The zero-order valence-electron chi connectivity index (χ0n) is 77.0. The Bertz CT molecular complexity index is 8010. The smallest absolute Gasteiger partial charge is 0.216 e. The Labute approximate surface area is 754 Å². The summed E-state index contributed by atoms with van der Waals surface area (Å²) in [6, 6.07) is 80.6. The van der Waals surface area contributed by atoms with Crippen LogP contribution in [0.5, 0.6) is 0 Å². The second kappa shape index (κ2) is 34.4. The summed E-state index contributed by atoms with van der Waals surface area (Å²) in [6.45, 7) is 65.4. The van der Waals surface area contributed by atoms with Crippen LogP contribution < -0.4 is 18.3 Å². The molecule has 0 aliphatic carbocycles. The minimum Gasteiger partial charge on any atom is -0.456 e. The van der Waals surface area contributed by atoms with Crippen molar-refractivity contribution in [3.8, 4) is 89.5 Å². The van der Waals surface area contributed by atoms with Crippen molar-refractivity contribution in [2.75, 3.05) is 0 Å². The maximum Gasteiger partial charge on any atom is 0.216 e. The number of fused-ring (bicyclic) bond motifs is 12. The summed E-state index contributed by atoms with van der Waals surface area (Å²) in [6.07, 6.45) is 4.30. The van der Waals surface area contributed by atoms with Crippen LogP contribution in [0.1, 0.15) is 103 Å². The molecule has 0 bridgehead atoms. The predicted molar refractivity (Wildman–Crippen MR) is 529 cm³/mol. The fourth-order valence-electron chi connectivity index (χ4n) is 19.3. The molecule has 12 aromatic carbocycles. The van der Waals surface area contributed by atoms with Crippen molar-refractivity contribution >= 4 is 111 Å². The highest BCUT2D eigenvalue weighted by Crippen LogP contribution is 2.52. The molecular weight excluding hydrogens is 1580 g/mol. The maximum absolute atomic E-state index is 7.77. The summed E-state index contributed by atoms with van der Waals surface area (Å²) in [7, 11) is 8.38. The molecule has 20 rings (SSSR count). The van der Waals surface area contributed by atoms with Crippen LogP contribution in [0, 0.1) is 123 Å². The van der Waals surface area contributed by atoms with E-state index < -0.39 is 0 Å². The number of rotatable bonds is 9. The van der Waals surface area contributed by atoms with Gasteiger partial charge in [-0.25, -0.2) is 28.5 Å². The summed E-state index contributed by atoms with van der Waals surface area (Å²) in [5, 5.41) is 8.69. The van der Waals surface area contributed by atoms with Gasteiger partial charge in [-0.1, -0.05) is 208 Å². The lowest BCUT2D eigenvalue weighted by Crippen LogP contribution is -2.35. The fraction of sp³-hybridized carbons (Fsp3) is 0.179. The zero-order chi connectivity index (χ0) is 91.0. The van der Waals surface area contributed by atoms with Crippen molar-refractivity contribution in [2.45, 2.75) is 117 Å². The van der Waals surface area contributed by atoms with Crippen LogP contribution in [0.2, 0.25) is 0 Å². The van der Waals surface area contributed by atoms with Gasteiger partial charge in [-0.2, -0.15) is 9.13 Å². The Morgan fingerprint density at radius 2 is 0.589 bits per heavy atom. The van der Waals surface area contributed by atoms with Crippen LogP contribution in [0.25, 0.3) is 197 Å². The van der Waals surface area contributed by atoms with Gasteiger partial charge in [0.1, 0.15) is 72.9 Å². The van der Waals surface area contributed by atoms with Crippen LogP contribution in [0.15, 0.2) is 267 Å². The van der Waals surface area contributed by atoms with Gasteiger partial charge in [0, 0.05) is 127 Å². The second-order valence-corrected chi connectivity index (χ2v) is 34.9. The molecule has 0 fully saturated rings. The van der Waals surface area contributed by atoms with Gasteiger partial charge in [0.05, 0.1) is 48.5 Å². The SMILES string of the molecule is [C-]#[N+]c1ccc2c(oc3c(-c4cc(C(C)C)cc[n+]4C)c(C)cc(C)c32)c1-c1ccccc1.[C-]#[N+]c1ccc2c(oc3c(-c4cc(C)c(C)c[n+]4C)c(C)cc(C)c32)c1-c1ccccc1.[C-]#[N+]c1ccc2c(oc3c(-c4cc(C)cc(C)[n+]4C)c(C)cc(C)c32)c1-c1ccccc1.[C-]#[N+]c1ccc2c(oc3c(-c4ccc(C)c(C)[n+]4C)c(C)cc(C)c32)c1-c1ccccc1. The van der Waals surface area contributed by atoms with Crippen molar-refractivity contribution in [3.63, 3.8) is 0 Å². The Kier molecular flexibility index (Phi) is 22.8. The van der Waals surface area contributed by atoms with Gasteiger partial charge in [-0.15, -0.1) is 0 Å². The number of furan rings is 4. The van der Waals surface area contributed by atoms with Crippen molar-refractivity contribution < 1.29 is 35.9 Å². The van der Waals surface area contributed by atoms with E-state index in [1.807, 2.05) is 170 Å². The van der Waals surface area contributed by atoms with Gasteiger partial charge in [0.15, 0.2) is 46.5 Å². The average Bonchev–Trinajstić information content (AvgIpc) is 1.60. The lowest BCUT2D eigenvalue weighted by atomic mass is 9.94. The Hall–Kier alpha value is -15.6. The molecule has 0 spiro atoms. The van der Waals surface area contributed by atoms with Crippen LogP contribution in [-0.4, -0.2) is 0 Å². The maximum atomic E-state index is 7.77. The molecule has 8 heterocycles. The third-order valence-corrected chi connectivity index (χ3v) is 26.1. The van der Waals surface area contributed by atoms with E-state index in [1.54, 1.807) is 0 Å². The van der Waals surface area contributed by atoms with Crippen LogP contribution in [0.3, 0.4) is 0 Å². The first-order chi connectivity index (χ1) is 62.1. The molecule has 129 heavy (non-hydrogen) atoms. The van der Waals surface area contributed by atoms with Crippen LogP contribution in [0.4, 0.5) is 22.7 Å². The third kappa shape index (κ3) is 15.0. The Morgan fingerprint density at radius 1 is 0.264 bits per heavy atom. The Morgan fingerprint density at radius 3 is 0.922 bits per heavy atom. The summed E-state index contributed by atoms with van der Waals surface area (Å²) < 4.78 is 35.6. The molecule has 630 valence electrons. The first-order valence-corrected chi connectivity index (χ1v) is 43.7. The molecular formula is C117H102N8O4+4. The number of pyridine rings is 4. The van der Waals surface area contributed by atoms with E-state index in [4.69, 9.17) is 44.0 Å². The van der Waals surface area contributed by atoms with Crippen molar-refractivity contribution in [1.29, 1.82) is 0 Å². The molecule has 12 heteroatoms. The van der Waals surface area contributed by atoms with Gasteiger partial charge < -0.3 is 17.7 Å². The molecule has 0 unspecified atom stereocenters. The van der Waals surface area contributed by atoms with Crippen molar-refractivity contribution in [1.82, 2.24) is 0 Å². The highest BCUT2D eigenvalue weighted by Gasteiger charge is 2.32. The minimum atomic E-state index is 0.438. The number of hydrogen-bond acceptors (Lipinski definition) is 4. The monoisotopic (exact) mass is 1680 g/mol. The van der Waals surface area contributed by atoms with Gasteiger partial charge in [0.25, 0.3) is 0 Å². The first kappa shape index (κ1) is 85.6. The molecule has 0 N–H and O–H groups in total. The van der Waals surface area contributed by atoms with Gasteiger partial charge in [-0.05, 0) is 179 Å². The van der Waals surface area contributed by atoms with E-state index in [9.17, 15) is 0 Å². The number of nitrogens with zero attached hydrogens (tertiary/aromatic N) is 8. The van der Waals surface area contributed by atoms with Crippen LogP contribution in [-0.2, 0) is 28.2 Å². The van der Waals surface area contributed by atoms with Crippen molar-refractivity contribution in [2.24, 2.45) is 28.2 Å². The van der Waals surface area contributed by atoms with Gasteiger partial charge in [-0.3, -0.25) is 0 Å². The molecule has 0 saturated carbocycles. The van der Waals surface area contributed by atoms with E-state index in [2.05, 4.69) is 256 Å². The second-order valence-electron chi connectivity index (χ2n) is 34.9. The molecule has 12 nitrogen and oxygen atoms in total. The predicted octanol–water partition coefficient (Wildman–Crippen LogP) is 30.6. The van der Waals surface area contributed by atoms with Crippen molar-refractivity contribution in [3.05, 3.63) is 378 Å². The highest BCUT2D eigenvalue weighted by molar-refractivity contribution is 6.21. The quantitative estimate of drug-likeness (QED) is 0.106. The summed E-state index contributed by atoms with van der Waals surface area (Å²) in [5.41, 5.74) is 43.7. The van der Waals surface area contributed by atoms with Crippen LogP contribution >= 0.6 is 0 Å². The Balaban J connectivity index is 0.000000121. The average molecular weight is 1680 g/mol. The summed E-state index contributed by atoms with van der Waals surface area (Å²) in [4.78, 5) is 15.2. The minimum absolute atomic E-state index is 0.438. The molecule has 0 aliphatic rings. The number of aromatic nitrogens is 4. The zero-order valence-corrected chi connectivity index (χ0v) is 77.0. The van der Waals surface area contributed by atoms with E-state index in [-0.39, 0.29) is 0 Å². The lowest BCUT2D eigenvalue weighted by molar-refractivity contribution is -0.667. The molecule has 0 aliphatic heterocycles. The summed E-state index contributed by atoms with van der Waals surface area (Å²) >= 11 is 0. The standard InChI is InChI=1S/C30H27N2O.3C29H25N2O/c1-18(2)22-14-15-32(6)25(17-22)27-20(4)16-19(3)26-23-12-13-24(31-5)28(29(23)33-30(26)27)21-10-8-7-9-11-21;1-17-12-15-24(31(6)20(17)4)26-19(3)16-18(2)25-22-13-14-23(30-5)27(28(22)32-29(25)26)21-10-8-7-9-11-21;1-17-15-24(31(6)16-20(17)4)26-19(3)14-18(2)25-22-12-13-23(30-5)27(28(22)32-29(25)26)21-10-8-7-9-11-21;1-17-14-20(4)31(6)24(15-17)26-19(3)16-18(2)25-22-12-13-23(30-5)27(28(22)32-29(25)26)21-10-8-7-9-11-21/h7-18H,1-4,6H3;3*7-16H,1-4,6H3/q4*+1. The topological polar surface area (TPSA) is 85.5 Å². The molecule has 0 atom stereocenters. The molecule has 0 saturated heterocycles. The fourth-order valence-corrected chi connectivity index (χ4v) is 19.3. The molecule has 8 aromatic heterocycles. The lowest BCUT2D eigenvalue weighted by Gasteiger charge is -2.10. The van der Waals surface area contributed by atoms with E-state index >= 15 is 0 Å². The third-order valence-electron chi connectivity index (χ3n) is 26.1. The first-order valence-electron chi connectivity index (χ1n) is 43.7. The number of aryl methyl sites for hydroxylation is 15. The molecule has 0 amide bonds. The summed E-state index contributed by atoms with van der Waals surface area (Å²) in [5.74, 6) is 0.438. The van der Waals surface area contributed by atoms with E-state index in [0.717, 1.165) is 177 Å². The number of benzene rings is 12. The van der Waals surface area contributed by atoms with E-state index in [1.165, 1.54) is 83.7 Å². The van der Waals surface area contributed by atoms with Gasteiger partial charge >= 0.3 is 0 Å². The normalized spacial score (nSPS) is 11.3. The molecule has 20 aromatic rings. The van der Waals surface area contributed by atoms with Gasteiger partial charge in [0.2, 0.25) is 22.8 Å². The van der Waals surface area contributed by atoms with E-state index in [0.29, 0.717) is 28.7 Å². The number of hydrogen-bond donors (Lipinski definition) is 0. The largest absolute Gasteiger partial charge is 0.456 e.